The Hall–Kier alpha value is -2.81. The molecular weight excluding hydrogens is 350 g/mol. The van der Waals surface area contributed by atoms with Crippen molar-refractivity contribution in [1.29, 1.82) is 0 Å². The van der Waals surface area contributed by atoms with Crippen molar-refractivity contribution in [2.75, 3.05) is 12.3 Å². The summed E-state index contributed by atoms with van der Waals surface area (Å²) in [5.41, 5.74) is 8.59. The summed E-state index contributed by atoms with van der Waals surface area (Å²) >= 11 is 1.49. The predicted octanol–water partition coefficient (Wildman–Crippen LogP) is 2.16. The van der Waals surface area contributed by atoms with Crippen molar-refractivity contribution in [1.82, 2.24) is 19.5 Å². The van der Waals surface area contributed by atoms with Gasteiger partial charge in [0, 0.05) is 5.56 Å². The van der Waals surface area contributed by atoms with Crippen molar-refractivity contribution in [3.8, 4) is 21.8 Å². The van der Waals surface area contributed by atoms with E-state index in [1.807, 2.05) is 41.0 Å². The summed E-state index contributed by atoms with van der Waals surface area (Å²) < 4.78 is 1.84. The first-order valence-corrected chi connectivity index (χ1v) is 8.89. The topological polar surface area (TPSA) is 110 Å². The number of imidazole rings is 1. The minimum Gasteiger partial charge on any atom is -0.394 e. The van der Waals surface area contributed by atoms with Crippen LogP contribution in [0.25, 0.3) is 32.0 Å². The van der Waals surface area contributed by atoms with E-state index in [0.717, 1.165) is 32.0 Å². The van der Waals surface area contributed by atoms with Crippen LogP contribution in [-0.4, -0.2) is 42.4 Å². The van der Waals surface area contributed by atoms with Gasteiger partial charge in [0.2, 0.25) is 0 Å². The number of nitrogens with zero attached hydrogens (tertiary/aromatic N) is 4. The molecule has 26 heavy (non-hydrogen) atoms. The molecule has 0 fully saturated rings. The third kappa shape index (κ3) is 2.94. The average Bonchev–Trinajstić information content (AvgIpc) is 3.27. The molecule has 132 valence electrons. The second-order valence-corrected chi connectivity index (χ2v) is 6.92. The number of nitrogen functional groups attached to an aromatic ring is 1. The molecule has 0 saturated heterocycles. The molecule has 7 nitrogen and oxygen atoms in total. The van der Waals surface area contributed by atoms with E-state index >= 15 is 0 Å². The van der Waals surface area contributed by atoms with E-state index < -0.39 is 6.10 Å². The van der Waals surface area contributed by atoms with Crippen molar-refractivity contribution in [2.24, 2.45) is 0 Å². The normalized spacial score (nSPS) is 12.5. The number of aliphatic hydroxyl groups excluding tert-OH is 2. The fraction of sp³-hybridized carbons (Fsp3) is 0.167. The molecule has 0 radical (unpaired) electrons. The Morgan fingerprint density at radius 2 is 1.96 bits per heavy atom. The first kappa shape index (κ1) is 16.6. The molecule has 0 aliphatic rings. The van der Waals surface area contributed by atoms with Gasteiger partial charge in [-0.05, 0) is 6.07 Å². The van der Waals surface area contributed by atoms with Crippen molar-refractivity contribution >= 4 is 27.4 Å². The summed E-state index contributed by atoms with van der Waals surface area (Å²) in [5, 5.41) is 19.9. The van der Waals surface area contributed by atoms with Crippen LogP contribution in [0.1, 0.15) is 0 Å². The molecule has 0 saturated carbocycles. The van der Waals surface area contributed by atoms with Crippen LogP contribution in [0.4, 0.5) is 5.82 Å². The molecule has 8 heteroatoms. The largest absolute Gasteiger partial charge is 0.394 e. The van der Waals surface area contributed by atoms with Gasteiger partial charge >= 0.3 is 0 Å². The zero-order chi connectivity index (χ0) is 18.1. The number of rotatable bonds is 5. The third-order valence-electron chi connectivity index (χ3n) is 4.10. The lowest BCUT2D eigenvalue weighted by Gasteiger charge is -2.12. The molecule has 4 aromatic rings. The van der Waals surface area contributed by atoms with Crippen LogP contribution in [0.3, 0.4) is 0 Å². The second-order valence-electron chi connectivity index (χ2n) is 5.88. The van der Waals surface area contributed by atoms with Crippen LogP contribution in [0.15, 0.2) is 49.1 Å². The lowest BCUT2D eigenvalue weighted by molar-refractivity contribution is 0.0815. The zero-order valence-electron chi connectivity index (χ0n) is 13.8. The predicted molar refractivity (Wildman–Crippen MR) is 102 cm³/mol. The Labute approximate surface area is 153 Å². The second kappa shape index (κ2) is 6.83. The Morgan fingerprint density at radius 3 is 2.69 bits per heavy atom. The smallest absolute Gasteiger partial charge is 0.135 e. The molecule has 0 bridgehead atoms. The maximum absolute atomic E-state index is 9.91. The molecule has 0 aliphatic heterocycles. The third-order valence-corrected chi connectivity index (χ3v) is 5.15. The Kier molecular flexibility index (Phi) is 4.37. The number of aromatic nitrogens is 4. The van der Waals surface area contributed by atoms with Gasteiger partial charge in [-0.2, -0.15) is 0 Å². The molecule has 4 N–H and O–H groups in total. The number of nitrogens with two attached hydrogens (primary N) is 1. The number of aliphatic hydroxyl groups is 2. The quantitative estimate of drug-likeness (QED) is 0.499. The van der Waals surface area contributed by atoms with Gasteiger partial charge in [0.15, 0.2) is 0 Å². The maximum Gasteiger partial charge on any atom is 0.135 e. The number of hydrogen-bond acceptors (Lipinski definition) is 7. The number of hydrogen-bond donors (Lipinski definition) is 3. The van der Waals surface area contributed by atoms with Gasteiger partial charge in [-0.3, -0.25) is 0 Å². The standard InChI is InChI=1S/C18H17N5O2S/c19-17-13-6-14(26-18(13)21-9-20-17)16-15(11-4-2-1-3-5-11)22-10-23(16)7-12(25)8-24/h1-6,9-10,12,24-25H,7-8H2,(H2,19,20,21). The molecule has 0 amide bonds. The summed E-state index contributed by atoms with van der Waals surface area (Å²) in [6.07, 6.45) is 2.25. The van der Waals surface area contributed by atoms with Crippen LogP contribution in [0.5, 0.6) is 0 Å². The monoisotopic (exact) mass is 367 g/mol. The van der Waals surface area contributed by atoms with Crippen LogP contribution in [0.2, 0.25) is 0 Å². The van der Waals surface area contributed by atoms with Crippen molar-refractivity contribution in [3.63, 3.8) is 0 Å². The minimum absolute atomic E-state index is 0.237. The Morgan fingerprint density at radius 1 is 1.15 bits per heavy atom. The zero-order valence-corrected chi connectivity index (χ0v) is 14.6. The fourth-order valence-corrected chi connectivity index (χ4v) is 3.93. The molecule has 3 heterocycles. The highest BCUT2D eigenvalue weighted by Crippen LogP contribution is 2.38. The van der Waals surface area contributed by atoms with E-state index in [0.29, 0.717) is 5.82 Å². The van der Waals surface area contributed by atoms with Gasteiger partial charge in [-0.25, -0.2) is 15.0 Å². The average molecular weight is 367 g/mol. The highest BCUT2D eigenvalue weighted by Gasteiger charge is 2.19. The molecule has 0 spiro atoms. The molecule has 1 unspecified atom stereocenters. The summed E-state index contributed by atoms with van der Waals surface area (Å²) in [5.74, 6) is 0.431. The van der Waals surface area contributed by atoms with Crippen LogP contribution in [0, 0.1) is 0 Å². The first-order chi connectivity index (χ1) is 12.7. The first-order valence-electron chi connectivity index (χ1n) is 8.07. The lowest BCUT2D eigenvalue weighted by Crippen LogP contribution is -2.19. The number of anilines is 1. The van der Waals surface area contributed by atoms with Gasteiger partial charge in [-0.1, -0.05) is 30.3 Å². The van der Waals surface area contributed by atoms with Gasteiger partial charge in [-0.15, -0.1) is 11.3 Å². The fourth-order valence-electron chi connectivity index (χ4n) is 2.86. The van der Waals surface area contributed by atoms with Crippen LogP contribution < -0.4 is 5.73 Å². The number of benzene rings is 1. The molecule has 1 atom stereocenters. The van der Waals surface area contributed by atoms with E-state index in [-0.39, 0.29) is 13.2 Å². The molecular formula is C18H17N5O2S. The highest BCUT2D eigenvalue weighted by atomic mass is 32.1. The van der Waals surface area contributed by atoms with Crippen molar-refractivity contribution in [2.45, 2.75) is 12.6 Å². The van der Waals surface area contributed by atoms with Crippen molar-refractivity contribution < 1.29 is 10.2 Å². The van der Waals surface area contributed by atoms with E-state index in [4.69, 9.17) is 5.73 Å². The van der Waals surface area contributed by atoms with Gasteiger partial charge in [0.25, 0.3) is 0 Å². The van der Waals surface area contributed by atoms with Gasteiger partial charge < -0.3 is 20.5 Å². The van der Waals surface area contributed by atoms with Crippen molar-refractivity contribution in [3.05, 3.63) is 49.1 Å². The van der Waals surface area contributed by atoms with E-state index in [9.17, 15) is 10.2 Å². The summed E-state index contributed by atoms with van der Waals surface area (Å²) in [6.45, 7) is -0.0792. The van der Waals surface area contributed by atoms with E-state index in [2.05, 4.69) is 15.0 Å². The van der Waals surface area contributed by atoms with E-state index in [1.165, 1.54) is 17.7 Å². The lowest BCUT2D eigenvalue weighted by atomic mass is 10.1. The van der Waals surface area contributed by atoms with Crippen LogP contribution >= 0.6 is 11.3 Å². The van der Waals surface area contributed by atoms with Gasteiger partial charge in [0.05, 0.1) is 47.2 Å². The Bertz CT molecular complexity index is 1040. The molecule has 3 aromatic heterocycles. The number of fused-ring (bicyclic) bond motifs is 1. The van der Waals surface area contributed by atoms with Crippen LogP contribution in [-0.2, 0) is 6.54 Å². The molecule has 1 aromatic carbocycles. The number of thiophene rings is 1. The molecule has 0 aliphatic carbocycles. The SMILES string of the molecule is Nc1ncnc2sc(-c3c(-c4ccccc4)ncn3CC(O)CO)cc12. The maximum atomic E-state index is 9.91. The molecule has 4 rings (SSSR count). The Balaban J connectivity index is 1.91. The summed E-state index contributed by atoms with van der Waals surface area (Å²) in [6, 6.07) is 11.8. The minimum atomic E-state index is -0.870. The summed E-state index contributed by atoms with van der Waals surface area (Å²) in [7, 11) is 0. The highest BCUT2D eigenvalue weighted by molar-refractivity contribution is 7.21. The summed E-state index contributed by atoms with van der Waals surface area (Å²) in [4.78, 5) is 14.6. The van der Waals surface area contributed by atoms with Gasteiger partial charge in [0.1, 0.15) is 17.0 Å². The van der Waals surface area contributed by atoms with E-state index in [1.54, 1.807) is 6.33 Å².